The first kappa shape index (κ1) is 15.9. The zero-order valence-electron chi connectivity index (χ0n) is 12.3. The molecule has 0 aliphatic carbocycles. The maximum Gasteiger partial charge on any atom is 0.237 e. The van der Waals surface area contributed by atoms with Crippen LogP contribution in [0.2, 0.25) is 0 Å². The van der Waals surface area contributed by atoms with Gasteiger partial charge in [0.1, 0.15) is 5.92 Å². The van der Waals surface area contributed by atoms with E-state index in [1.807, 2.05) is 37.3 Å². The van der Waals surface area contributed by atoms with Gasteiger partial charge in [0.05, 0.1) is 11.1 Å². The average molecular weight is 306 g/mol. The third-order valence-corrected chi connectivity index (χ3v) is 4.04. The maximum absolute atomic E-state index is 12.8. The van der Waals surface area contributed by atoms with E-state index in [-0.39, 0.29) is 17.0 Å². The third-order valence-electron chi connectivity index (χ3n) is 3.81. The Balaban J connectivity index is 2.14. The van der Waals surface area contributed by atoms with E-state index in [9.17, 15) is 4.79 Å². The van der Waals surface area contributed by atoms with E-state index in [2.05, 4.69) is 0 Å². The lowest BCUT2D eigenvalue weighted by Gasteiger charge is -2.28. The number of amides is 1. The van der Waals surface area contributed by atoms with Crippen LogP contribution in [0, 0.1) is 0 Å². The molecule has 1 saturated heterocycles. The van der Waals surface area contributed by atoms with Crippen LogP contribution in [0.15, 0.2) is 30.3 Å². The molecule has 0 saturated carbocycles. The molecule has 2 rings (SSSR count). The van der Waals surface area contributed by atoms with Crippen molar-refractivity contribution in [2.75, 3.05) is 19.7 Å². The molecule has 0 spiro atoms. The van der Waals surface area contributed by atoms with Crippen molar-refractivity contribution in [1.29, 1.82) is 0 Å². The Morgan fingerprint density at radius 2 is 2.19 bits per heavy atom. The van der Waals surface area contributed by atoms with Crippen molar-refractivity contribution in [1.82, 2.24) is 4.90 Å². The molecule has 114 valence electrons. The van der Waals surface area contributed by atoms with Gasteiger partial charge in [-0.15, -0.1) is 0 Å². The average Bonchev–Trinajstić information content (AvgIpc) is 2.98. The number of rotatable bonds is 6. The summed E-state index contributed by atoms with van der Waals surface area (Å²) in [6.45, 7) is 3.99. The molecule has 1 aliphatic rings. The van der Waals surface area contributed by atoms with Gasteiger partial charge in [0, 0.05) is 19.7 Å². The number of thiocarbonyl (C=S) groups is 1. The van der Waals surface area contributed by atoms with Gasteiger partial charge < -0.3 is 15.4 Å². The smallest absolute Gasteiger partial charge is 0.237 e. The highest BCUT2D eigenvalue weighted by Gasteiger charge is 2.29. The van der Waals surface area contributed by atoms with Crippen LogP contribution in [0.4, 0.5) is 0 Å². The Morgan fingerprint density at radius 1 is 1.48 bits per heavy atom. The number of nitrogens with zero attached hydrogens (tertiary/aromatic N) is 1. The fraction of sp³-hybridized carbons (Fsp3) is 0.500. The highest BCUT2D eigenvalue weighted by molar-refractivity contribution is 7.80. The fourth-order valence-electron chi connectivity index (χ4n) is 2.67. The molecule has 1 aliphatic heterocycles. The van der Waals surface area contributed by atoms with Crippen LogP contribution in [0.3, 0.4) is 0 Å². The van der Waals surface area contributed by atoms with Gasteiger partial charge in [-0.05, 0) is 25.3 Å². The first-order valence-corrected chi connectivity index (χ1v) is 7.79. The highest BCUT2D eigenvalue weighted by atomic mass is 32.1. The minimum Gasteiger partial charge on any atom is -0.392 e. The van der Waals surface area contributed by atoms with E-state index >= 15 is 0 Å². The summed E-state index contributed by atoms with van der Waals surface area (Å²) in [4.78, 5) is 14.8. The van der Waals surface area contributed by atoms with Gasteiger partial charge >= 0.3 is 0 Å². The molecule has 5 heteroatoms. The van der Waals surface area contributed by atoms with Crippen LogP contribution >= 0.6 is 12.2 Å². The Labute approximate surface area is 131 Å². The van der Waals surface area contributed by atoms with Crippen molar-refractivity contribution >= 4 is 23.1 Å². The molecule has 1 amide bonds. The topological polar surface area (TPSA) is 55.6 Å². The van der Waals surface area contributed by atoms with Crippen LogP contribution in [0.1, 0.15) is 31.2 Å². The Morgan fingerprint density at radius 3 is 2.71 bits per heavy atom. The second-order valence-corrected chi connectivity index (χ2v) is 5.73. The van der Waals surface area contributed by atoms with E-state index in [1.54, 1.807) is 4.90 Å². The van der Waals surface area contributed by atoms with Gasteiger partial charge in [0.2, 0.25) is 5.91 Å². The Hall–Kier alpha value is -1.46. The molecule has 1 heterocycles. The van der Waals surface area contributed by atoms with Gasteiger partial charge in [-0.1, -0.05) is 42.5 Å². The predicted octanol–water partition coefficient (Wildman–Crippen LogP) is 2.08. The second kappa shape index (κ2) is 7.52. The Bertz CT molecular complexity index is 486. The first-order chi connectivity index (χ1) is 10.1. The second-order valence-electron chi connectivity index (χ2n) is 5.26. The molecule has 1 aromatic rings. The maximum atomic E-state index is 12.8. The largest absolute Gasteiger partial charge is 0.392 e. The van der Waals surface area contributed by atoms with Crippen molar-refractivity contribution in [3.63, 3.8) is 0 Å². The molecule has 2 N–H and O–H groups in total. The molecule has 0 aromatic heterocycles. The summed E-state index contributed by atoms with van der Waals surface area (Å²) in [6, 6.07) is 9.48. The van der Waals surface area contributed by atoms with Crippen molar-refractivity contribution in [3.8, 4) is 0 Å². The van der Waals surface area contributed by atoms with Crippen LogP contribution in [0.25, 0.3) is 0 Å². The molecule has 21 heavy (non-hydrogen) atoms. The molecular weight excluding hydrogens is 284 g/mol. The van der Waals surface area contributed by atoms with Crippen LogP contribution in [0.5, 0.6) is 0 Å². The van der Waals surface area contributed by atoms with Crippen molar-refractivity contribution in [2.45, 2.75) is 31.8 Å². The lowest BCUT2D eigenvalue weighted by atomic mass is 9.97. The standard InChI is InChI=1S/C16H22N2O2S/c1-2-18(11-13-9-6-10-20-13)16(19)14(15(17)21)12-7-4-3-5-8-12/h3-5,7-8,13-14H,2,6,9-11H2,1H3,(H2,17,21). The fourth-order valence-corrected chi connectivity index (χ4v) is 2.90. The van der Waals surface area contributed by atoms with E-state index in [0.717, 1.165) is 25.0 Å². The van der Waals surface area contributed by atoms with Gasteiger partial charge in [0.15, 0.2) is 0 Å². The van der Waals surface area contributed by atoms with E-state index in [1.165, 1.54) is 0 Å². The number of carbonyl (C=O) groups excluding carboxylic acids is 1. The molecule has 4 nitrogen and oxygen atoms in total. The van der Waals surface area contributed by atoms with Crippen LogP contribution in [-0.2, 0) is 9.53 Å². The molecular formula is C16H22N2O2S. The molecule has 1 aromatic carbocycles. The summed E-state index contributed by atoms with van der Waals surface area (Å²) >= 11 is 5.12. The van der Waals surface area contributed by atoms with Gasteiger partial charge in [-0.3, -0.25) is 4.79 Å². The molecule has 0 bridgehead atoms. The number of likely N-dealkylation sites (N-methyl/N-ethyl adjacent to an activating group) is 1. The summed E-state index contributed by atoms with van der Waals surface area (Å²) < 4.78 is 5.62. The summed E-state index contributed by atoms with van der Waals surface area (Å²) in [5, 5.41) is 0. The minimum atomic E-state index is -0.553. The summed E-state index contributed by atoms with van der Waals surface area (Å²) in [5.41, 5.74) is 6.67. The lowest BCUT2D eigenvalue weighted by Crippen LogP contribution is -2.43. The molecule has 0 radical (unpaired) electrons. The molecule has 2 atom stereocenters. The monoisotopic (exact) mass is 306 g/mol. The van der Waals surface area contributed by atoms with Crippen LogP contribution in [-0.4, -0.2) is 41.6 Å². The molecule has 2 unspecified atom stereocenters. The normalized spacial score (nSPS) is 19.2. The quantitative estimate of drug-likeness (QED) is 0.818. The van der Waals surface area contributed by atoms with E-state index in [0.29, 0.717) is 13.1 Å². The summed E-state index contributed by atoms with van der Waals surface area (Å²) in [6.07, 6.45) is 2.21. The minimum absolute atomic E-state index is 0.0355. The van der Waals surface area contributed by atoms with Crippen molar-refractivity contribution in [3.05, 3.63) is 35.9 Å². The predicted molar refractivity (Wildman–Crippen MR) is 87.2 cm³/mol. The first-order valence-electron chi connectivity index (χ1n) is 7.38. The van der Waals surface area contributed by atoms with Gasteiger partial charge in [-0.25, -0.2) is 0 Å². The number of ether oxygens (including phenoxy) is 1. The lowest BCUT2D eigenvalue weighted by molar-refractivity contribution is -0.132. The van der Waals surface area contributed by atoms with Gasteiger partial charge in [-0.2, -0.15) is 0 Å². The zero-order chi connectivity index (χ0) is 15.2. The van der Waals surface area contributed by atoms with E-state index < -0.39 is 5.92 Å². The summed E-state index contributed by atoms with van der Waals surface area (Å²) in [7, 11) is 0. The third kappa shape index (κ3) is 4.02. The Kier molecular flexibility index (Phi) is 5.70. The molecule has 1 fully saturated rings. The van der Waals surface area contributed by atoms with Gasteiger partial charge in [0.25, 0.3) is 0 Å². The SMILES string of the molecule is CCN(CC1CCCO1)C(=O)C(C(N)=S)c1ccccc1. The summed E-state index contributed by atoms with van der Waals surface area (Å²) in [5.74, 6) is -0.589. The number of carbonyl (C=O) groups is 1. The van der Waals surface area contributed by atoms with E-state index in [4.69, 9.17) is 22.7 Å². The highest BCUT2D eigenvalue weighted by Crippen LogP contribution is 2.21. The number of hydrogen-bond donors (Lipinski definition) is 1. The van der Waals surface area contributed by atoms with Crippen molar-refractivity contribution in [2.24, 2.45) is 5.73 Å². The number of benzene rings is 1. The van der Waals surface area contributed by atoms with Crippen LogP contribution < -0.4 is 5.73 Å². The van der Waals surface area contributed by atoms with Crippen molar-refractivity contribution < 1.29 is 9.53 Å². The number of hydrogen-bond acceptors (Lipinski definition) is 3. The zero-order valence-corrected chi connectivity index (χ0v) is 13.1. The number of nitrogens with two attached hydrogens (primary N) is 1.